The van der Waals surface area contributed by atoms with E-state index in [1.807, 2.05) is 55.6 Å². The maximum atomic E-state index is 11.2. The molecule has 0 aliphatic rings. The van der Waals surface area contributed by atoms with Gasteiger partial charge in [0.2, 0.25) is 0 Å². The van der Waals surface area contributed by atoms with Gasteiger partial charge in [-0.1, -0.05) is 48.5 Å². The van der Waals surface area contributed by atoms with Crippen LogP contribution in [0.15, 0.2) is 60.2 Å². The fourth-order valence-corrected chi connectivity index (χ4v) is 2.79. The van der Waals surface area contributed by atoms with Gasteiger partial charge >= 0.3 is 5.97 Å². The number of aryl methyl sites for hydroxylation is 1. The third kappa shape index (κ3) is 2.31. The summed E-state index contributed by atoms with van der Waals surface area (Å²) < 4.78 is 2.12. The van der Waals surface area contributed by atoms with Crippen molar-refractivity contribution in [3.05, 3.63) is 65.7 Å². The third-order valence-corrected chi connectivity index (χ3v) is 3.89. The van der Waals surface area contributed by atoms with Crippen LogP contribution in [-0.2, 0) is 11.8 Å². The number of nitrogens with zero attached hydrogens (tertiary/aromatic N) is 1. The molecule has 2 aromatic carbocycles. The number of carboxylic acid groups (broad SMARTS) is 1. The highest BCUT2D eigenvalue weighted by atomic mass is 16.4. The Morgan fingerprint density at radius 1 is 1.05 bits per heavy atom. The molecule has 0 aliphatic carbocycles. The van der Waals surface area contributed by atoms with Crippen LogP contribution in [0.4, 0.5) is 0 Å². The first kappa shape index (κ1) is 14.1. The number of carboxylic acids is 1. The zero-order chi connectivity index (χ0) is 15.7. The van der Waals surface area contributed by atoms with Crippen molar-refractivity contribution in [3.8, 4) is 11.3 Å². The Hall–Kier alpha value is -2.81. The first-order chi connectivity index (χ1) is 10.6. The Morgan fingerprint density at radius 3 is 2.36 bits per heavy atom. The van der Waals surface area contributed by atoms with Crippen LogP contribution >= 0.6 is 0 Å². The summed E-state index contributed by atoms with van der Waals surface area (Å²) in [5.41, 5.74) is 4.47. The van der Waals surface area contributed by atoms with Gasteiger partial charge in [0.25, 0.3) is 0 Å². The van der Waals surface area contributed by atoms with Crippen LogP contribution in [-0.4, -0.2) is 15.6 Å². The summed E-state index contributed by atoms with van der Waals surface area (Å²) in [4.78, 5) is 11.2. The van der Waals surface area contributed by atoms with E-state index in [-0.39, 0.29) is 0 Å². The Morgan fingerprint density at radius 2 is 1.68 bits per heavy atom. The molecule has 110 valence electrons. The Bertz CT molecular complexity index is 873. The Balaban J connectivity index is 2.38. The van der Waals surface area contributed by atoms with Crippen LogP contribution in [0.2, 0.25) is 0 Å². The van der Waals surface area contributed by atoms with Crippen molar-refractivity contribution in [3.63, 3.8) is 0 Å². The number of para-hydroxylation sites is 1. The van der Waals surface area contributed by atoms with Crippen LogP contribution < -0.4 is 0 Å². The van der Waals surface area contributed by atoms with E-state index in [1.54, 1.807) is 13.0 Å². The van der Waals surface area contributed by atoms with E-state index in [0.717, 1.165) is 27.7 Å². The van der Waals surface area contributed by atoms with Crippen molar-refractivity contribution in [2.45, 2.75) is 6.92 Å². The van der Waals surface area contributed by atoms with E-state index in [9.17, 15) is 9.90 Å². The smallest absolute Gasteiger partial charge is 0.331 e. The molecule has 3 rings (SSSR count). The van der Waals surface area contributed by atoms with Crippen LogP contribution in [0.5, 0.6) is 0 Å². The van der Waals surface area contributed by atoms with Crippen molar-refractivity contribution in [2.24, 2.45) is 7.05 Å². The molecule has 3 nitrogen and oxygen atoms in total. The quantitative estimate of drug-likeness (QED) is 0.730. The number of benzene rings is 2. The number of fused-ring (bicyclic) bond motifs is 1. The number of rotatable bonds is 3. The summed E-state index contributed by atoms with van der Waals surface area (Å²) >= 11 is 0. The molecule has 0 radical (unpaired) electrons. The van der Waals surface area contributed by atoms with Crippen molar-refractivity contribution >= 4 is 22.9 Å². The van der Waals surface area contributed by atoms with Gasteiger partial charge in [-0.05, 0) is 24.6 Å². The second kappa shape index (κ2) is 5.53. The summed E-state index contributed by atoms with van der Waals surface area (Å²) in [6.07, 6.45) is 1.76. The molecule has 0 saturated carbocycles. The van der Waals surface area contributed by atoms with Crippen molar-refractivity contribution in [1.82, 2.24) is 4.57 Å². The van der Waals surface area contributed by atoms with E-state index in [4.69, 9.17) is 0 Å². The molecule has 3 heteroatoms. The SMILES string of the molecule is C/C(=C\c1c(-c2ccccc2)n(C)c2ccccc12)C(=O)O. The number of hydrogen-bond donors (Lipinski definition) is 1. The maximum Gasteiger partial charge on any atom is 0.331 e. The molecule has 0 bridgehead atoms. The third-order valence-electron chi connectivity index (χ3n) is 3.89. The molecule has 1 aromatic heterocycles. The van der Waals surface area contributed by atoms with Crippen LogP contribution in [0.25, 0.3) is 28.2 Å². The molecule has 0 atom stereocenters. The van der Waals surface area contributed by atoms with Gasteiger partial charge in [0, 0.05) is 29.1 Å². The number of hydrogen-bond acceptors (Lipinski definition) is 1. The number of aromatic nitrogens is 1. The second-order valence-corrected chi connectivity index (χ2v) is 5.34. The number of carbonyl (C=O) groups is 1. The van der Waals surface area contributed by atoms with Gasteiger partial charge in [0.15, 0.2) is 0 Å². The lowest BCUT2D eigenvalue weighted by molar-refractivity contribution is -0.132. The summed E-state index contributed by atoms with van der Waals surface area (Å²) in [5.74, 6) is -0.896. The van der Waals surface area contributed by atoms with Crippen LogP contribution in [0, 0.1) is 0 Å². The zero-order valence-corrected chi connectivity index (χ0v) is 12.6. The molecule has 0 fully saturated rings. The fourth-order valence-electron chi connectivity index (χ4n) is 2.79. The summed E-state index contributed by atoms with van der Waals surface area (Å²) in [5, 5.41) is 10.3. The van der Waals surface area contributed by atoms with Gasteiger partial charge in [0.1, 0.15) is 0 Å². The standard InChI is InChI=1S/C19H17NO2/c1-13(19(21)22)12-16-15-10-6-7-11-17(15)20(2)18(16)14-8-4-3-5-9-14/h3-12H,1-2H3,(H,21,22)/b13-12+. The summed E-state index contributed by atoms with van der Waals surface area (Å²) in [7, 11) is 2.01. The van der Waals surface area contributed by atoms with Crippen molar-refractivity contribution in [1.29, 1.82) is 0 Å². The van der Waals surface area contributed by atoms with E-state index in [0.29, 0.717) is 5.57 Å². The van der Waals surface area contributed by atoms with E-state index in [2.05, 4.69) is 10.6 Å². The normalized spacial score (nSPS) is 11.8. The van der Waals surface area contributed by atoms with E-state index < -0.39 is 5.97 Å². The van der Waals surface area contributed by atoms with Crippen molar-refractivity contribution in [2.75, 3.05) is 0 Å². The molecule has 1 N–H and O–H groups in total. The topological polar surface area (TPSA) is 42.2 Å². The Labute approximate surface area is 129 Å². The van der Waals surface area contributed by atoms with Gasteiger partial charge in [0.05, 0.1) is 5.69 Å². The molecule has 0 saturated heterocycles. The van der Waals surface area contributed by atoms with Crippen molar-refractivity contribution < 1.29 is 9.90 Å². The largest absolute Gasteiger partial charge is 0.478 e. The monoisotopic (exact) mass is 291 g/mol. The van der Waals surface area contributed by atoms with E-state index in [1.165, 1.54) is 0 Å². The lowest BCUT2D eigenvalue weighted by Gasteiger charge is -2.06. The highest BCUT2D eigenvalue weighted by molar-refractivity contribution is 6.01. The minimum absolute atomic E-state index is 0.327. The average molecular weight is 291 g/mol. The predicted octanol–water partition coefficient (Wildman–Crippen LogP) is 4.33. The molecule has 0 spiro atoms. The first-order valence-electron chi connectivity index (χ1n) is 7.14. The Kier molecular flexibility index (Phi) is 3.55. The first-order valence-corrected chi connectivity index (χ1v) is 7.14. The minimum Gasteiger partial charge on any atom is -0.478 e. The van der Waals surface area contributed by atoms with Gasteiger partial charge < -0.3 is 9.67 Å². The van der Waals surface area contributed by atoms with Gasteiger partial charge in [-0.3, -0.25) is 0 Å². The highest BCUT2D eigenvalue weighted by Crippen LogP contribution is 2.34. The molecule has 0 aliphatic heterocycles. The second-order valence-electron chi connectivity index (χ2n) is 5.34. The average Bonchev–Trinajstić information content (AvgIpc) is 2.81. The molecule has 0 unspecified atom stereocenters. The molecule has 0 amide bonds. The molecule has 3 aromatic rings. The number of aliphatic carboxylic acids is 1. The van der Waals surface area contributed by atoms with Gasteiger partial charge in [-0.2, -0.15) is 0 Å². The van der Waals surface area contributed by atoms with Gasteiger partial charge in [-0.25, -0.2) is 4.79 Å². The maximum absolute atomic E-state index is 11.2. The molecular formula is C19H17NO2. The lowest BCUT2D eigenvalue weighted by Crippen LogP contribution is -1.96. The molecular weight excluding hydrogens is 274 g/mol. The minimum atomic E-state index is -0.896. The fraction of sp³-hybridized carbons (Fsp3) is 0.105. The molecule has 1 heterocycles. The summed E-state index contributed by atoms with van der Waals surface area (Å²) in [6.45, 7) is 1.62. The van der Waals surface area contributed by atoms with Gasteiger partial charge in [-0.15, -0.1) is 0 Å². The van der Waals surface area contributed by atoms with E-state index >= 15 is 0 Å². The predicted molar refractivity (Wildman–Crippen MR) is 89.6 cm³/mol. The highest BCUT2D eigenvalue weighted by Gasteiger charge is 2.15. The van der Waals surface area contributed by atoms with Crippen LogP contribution in [0.3, 0.4) is 0 Å². The summed E-state index contributed by atoms with van der Waals surface area (Å²) in [6, 6.07) is 18.1. The lowest BCUT2D eigenvalue weighted by atomic mass is 10.0. The van der Waals surface area contributed by atoms with Crippen LogP contribution in [0.1, 0.15) is 12.5 Å². The molecule has 22 heavy (non-hydrogen) atoms. The zero-order valence-electron chi connectivity index (χ0n) is 12.6.